The molecule has 0 spiro atoms. The molecule has 0 aliphatic carbocycles. The third-order valence-electron chi connectivity index (χ3n) is 3.23. The van der Waals surface area contributed by atoms with E-state index >= 15 is 0 Å². The van der Waals surface area contributed by atoms with Crippen LogP contribution in [0.1, 0.15) is 19.2 Å². The smallest absolute Gasteiger partial charge is 0.353 e. The second-order valence-electron chi connectivity index (χ2n) is 5.01. The lowest BCUT2D eigenvalue weighted by molar-refractivity contribution is -0.146. The number of piperazine rings is 1. The van der Waals surface area contributed by atoms with Crippen molar-refractivity contribution in [3.63, 3.8) is 0 Å². The topological polar surface area (TPSA) is 84.4 Å². The van der Waals surface area contributed by atoms with Gasteiger partial charge in [-0.25, -0.2) is 0 Å². The highest BCUT2D eigenvalue weighted by Gasteiger charge is 2.37. The first-order chi connectivity index (χ1) is 11.0. The zero-order valence-electron chi connectivity index (χ0n) is 12.8. The van der Waals surface area contributed by atoms with E-state index in [1.165, 1.54) is 6.07 Å². The molecule has 1 aliphatic heterocycles. The van der Waals surface area contributed by atoms with E-state index < -0.39 is 12.0 Å². The van der Waals surface area contributed by atoms with E-state index in [9.17, 15) is 13.2 Å². The van der Waals surface area contributed by atoms with Crippen LogP contribution < -0.4 is 16.0 Å². The van der Waals surface area contributed by atoms with Crippen molar-refractivity contribution in [1.29, 1.82) is 0 Å². The minimum atomic E-state index is -4.56. The van der Waals surface area contributed by atoms with Gasteiger partial charge in [0.25, 0.3) is 5.82 Å². The number of alkyl halides is 3. The van der Waals surface area contributed by atoms with Crippen LogP contribution >= 0.6 is 0 Å². The molecule has 2 aromatic heterocycles. The van der Waals surface area contributed by atoms with Crippen LogP contribution in [0, 0.1) is 0 Å². The molecule has 1 saturated heterocycles. The fraction of sp³-hybridized carbons (Fsp3) is 0.615. The molecule has 0 amide bonds. The predicted molar refractivity (Wildman–Crippen MR) is 80.2 cm³/mol. The second kappa shape index (κ2) is 7.55. The fourth-order valence-corrected chi connectivity index (χ4v) is 2.02. The summed E-state index contributed by atoms with van der Waals surface area (Å²) >= 11 is 0. The number of nitrogens with two attached hydrogens (primary N) is 1. The van der Waals surface area contributed by atoms with Crippen LogP contribution in [0.25, 0.3) is 5.65 Å². The molecular formula is C13H20F3N7. The second-order valence-corrected chi connectivity index (χ2v) is 5.01. The Morgan fingerprint density at radius 3 is 2.43 bits per heavy atom. The number of fused-ring (bicyclic) bond motifs is 1. The Morgan fingerprint density at radius 1 is 1.22 bits per heavy atom. The van der Waals surface area contributed by atoms with Gasteiger partial charge in [0, 0.05) is 26.2 Å². The van der Waals surface area contributed by atoms with Gasteiger partial charge in [-0.2, -0.15) is 17.7 Å². The van der Waals surface area contributed by atoms with Crippen molar-refractivity contribution >= 4 is 11.5 Å². The Balaban J connectivity index is 0.000000433. The number of hydrogen-bond donors (Lipinski definition) is 2. The maximum Gasteiger partial charge on any atom is 0.453 e. The molecule has 1 fully saturated rings. The average Bonchev–Trinajstić information content (AvgIpc) is 2.99. The highest BCUT2D eigenvalue weighted by Crippen LogP contribution is 2.27. The first-order valence-corrected chi connectivity index (χ1v) is 7.42. The van der Waals surface area contributed by atoms with Gasteiger partial charge >= 0.3 is 6.18 Å². The first kappa shape index (κ1) is 17.4. The Morgan fingerprint density at radius 2 is 1.87 bits per heavy atom. The molecule has 7 nitrogen and oxygen atoms in total. The van der Waals surface area contributed by atoms with Crippen LogP contribution in [0.2, 0.25) is 0 Å². The van der Waals surface area contributed by atoms with E-state index in [-0.39, 0.29) is 5.65 Å². The molecular weight excluding hydrogens is 311 g/mol. The Labute approximate surface area is 131 Å². The Kier molecular flexibility index (Phi) is 5.72. The number of anilines is 1. The average molecular weight is 331 g/mol. The number of hydrogen-bond acceptors (Lipinski definition) is 6. The van der Waals surface area contributed by atoms with Crippen molar-refractivity contribution < 1.29 is 13.2 Å². The molecule has 0 saturated carbocycles. The van der Waals surface area contributed by atoms with Gasteiger partial charge in [-0.15, -0.1) is 15.3 Å². The summed E-state index contributed by atoms with van der Waals surface area (Å²) in [6.45, 7) is 5.87. The summed E-state index contributed by atoms with van der Waals surface area (Å²) in [5, 5.41) is 13.8. The molecule has 3 N–H and O–H groups in total. The van der Waals surface area contributed by atoms with Gasteiger partial charge in [-0.1, -0.05) is 6.92 Å². The summed E-state index contributed by atoms with van der Waals surface area (Å²) in [4.78, 5) is 1.93. The summed E-state index contributed by atoms with van der Waals surface area (Å²) in [5.74, 6) is -0.598. The third kappa shape index (κ3) is 4.29. The lowest BCUT2D eigenvalue weighted by atomic mass is 10.3. The quantitative estimate of drug-likeness (QED) is 0.851. The number of nitrogens with zero attached hydrogens (tertiary/aromatic N) is 5. The monoisotopic (exact) mass is 331 g/mol. The van der Waals surface area contributed by atoms with Gasteiger partial charge < -0.3 is 16.0 Å². The van der Waals surface area contributed by atoms with Crippen LogP contribution in [-0.2, 0) is 6.18 Å². The van der Waals surface area contributed by atoms with Gasteiger partial charge in [0.15, 0.2) is 5.65 Å². The molecule has 2 aromatic rings. The van der Waals surface area contributed by atoms with Crippen molar-refractivity contribution in [2.24, 2.45) is 5.73 Å². The third-order valence-corrected chi connectivity index (χ3v) is 3.23. The van der Waals surface area contributed by atoms with E-state index in [1.54, 1.807) is 6.07 Å². The van der Waals surface area contributed by atoms with Crippen LogP contribution in [0.3, 0.4) is 0 Å². The molecule has 128 valence electrons. The normalized spacial score (nSPS) is 15.4. The summed E-state index contributed by atoms with van der Waals surface area (Å²) < 4.78 is 39.0. The molecule has 1 aliphatic rings. The van der Waals surface area contributed by atoms with Crippen molar-refractivity contribution in [2.75, 3.05) is 37.6 Å². The van der Waals surface area contributed by atoms with Gasteiger partial charge in [0.05, 0.1) is 0 Å². The zero-order chi connectivity index (χ0) is 16.9. The summed E-state index contributed by atoms with van der Waals surface area (Å²) in [5.41, 5.74) is 5.12. The lowest BCUT2D eigenvalue weighted by Gasteiger charge is -2.28. The molecule has 0 radical (unpaired) electrons. The minimum absolute atomic E-state index is 0.0891. The SMILES string of the molecule is CCCN.FC(F)(F)c1nnc2ccc(N3CCNCC3)nn12. The Bertz CT molecular complexity index is 618. The fourth-order valence-electron chi connectivity index (χ4n) is 2.02. The van der Waals surface area contributed by atoms with Crippen LogP contribution in [0.15, 0.2) is 12.1 Å². The predicted octanol–water partition coefficient (Wildman–Crippen LogP) is 0.908. The van der Waals surface area contributed by atoms with E-state index in [1.807, 2.05) is 4.90 Å². The van der Waals surface area contributed by atoms with Crippen molar-refractivity contribution in [1.82, 2.24) is 25.1 Å². The molecule has 0 bridgehead atoms. The first-order valence-electron chi connectivity index (χ1n) is 7.42. The van der Waals surface area contributed by atoms with Crippen molar-refractivity contribution in [3.05, 3.63) is 18.0 Å². The van der Waals surface area contributed by atoms with E-state index in [4.69, 9.17) is 5.73 Å². The molecule has 3 rings (SSSR count). The molecule has 0 atom stereocenters. The number of halogens is 3. The Hall–Kier alpha value is -1.94. The summed E-state index contributed by atoms with van der Waals surface area (Å²) in [6, 6.07) is 3.15. The highest BCUT2D eigenvalue weighted by atomic mass is 19.4. The van der Waals surface area contributed by atoms with Gasteiger partial charge in [-0.05, 0) is 25.1 Å². The zero-order valence-corrected chi connectivity index (χ0v) is 12.8. The van der Waals surface area contributed by atoms with Crippen molar-refractivity contribution in [3.8, 4) is 0 Å². The summed E-state index contributed by atoms with van der Waals surface area (Å²) in [6.07, 6.45) is -3.46. The molecule has 23 heavy (non-hydrogen) atoms. The van der Waals surface area contributed by atoms with E-state index in [2.05, 4.69) is 27.5 Å². The van der Waals surface area contributed by atoms with Gasteiger partial charge in [0.2, 0.25) is 0 Å². The van der Waals surface area contributed by atoms with Gasteiger partial charge in [-0.3, -0.25) is 0 Å². The summed E-state index contributed by atoms with van der Waals surface area (Å²) in [7, 11) is 0. The van der Waals surface area contributed by atoms with E-state index in [0.29, 0.717) is 18.9 Å². The molecule has 0 unspecified atom stereocenters. The number of nitrogens with one attached hydrogen (secondary N) is 1. The standard InChI is InChI=1S/C10H11F3N6.C3H9N/c11-10(12,13)9-16-15-7-1-2-8(17-19(7)9)18-5-3-14-4-6-18;1-2-3-4/h1-2,14H,3-6H2;2-4H2,1H3. The van der Waals surface area contributed by atoms with Crippen LogP contribution in [0.4, 0.5) is 19.0 Å². The minimum Gasteiger partial charge on any atom is -0.353 e. The van der Waals surface area contributed by atoms with Crippen LogP contribution in [0.5, 0.6) is 0 Å². The largest absolute Gasteiger partial charge is 0.453 e. The highest BCUT2D eigenvalue weighted by molar-refractivity contribution is 5.46. The van der Waals surface area contributed by atoms with Gasteiger partial charge in [0.1, 0.15) is 5.82 Å². The molecule has 10 heteroatoms. The molecule has 3 heterocycles. The maximum absolute atomic E-state index is 12.7. The number of rotatable bonds is 2. The molecule has 0 aromatic carbocycles. The van der Waals surface area contributed by atoms with Crippen molar-refractivity contribution in [2.45, 2.75) is 19.5 Å². The van der Waals surface area contributed by atoms with E-state index in [0.717, 1.165) is 30.6 Å². The van der Waals surface area contributed by atoms with Crippen LogP contribution in [-0.4, -0.2) is 52.5 Å². The number of aromatic nitrogens is 4. The lowest BCUT2D eigenvalue weighted by Crippen LogP contribution is -2.44. The maximum atomic E-state index is 12.7.